The predicted octanol–water partition coefficient (Wildman–Crippen LogP) is 2.81. The third kappa shape index (κ3) is 4.85. The molecule has 0 aliphatic heterocycles. The van der Waals surface area contributed by atoms with Gasteiger partial charge >= 0.3 is 0 Å². The van der Waals surface area contributed by atoms with Gasteiger partial charge in [-0.05, 0) is 32.0 Å². The quantitative estimate of drug-likeness (QED) is 0.523. The molecule has 21 heavy (non-hydrogen) atoms. The summed E-state index contributed by atoms with van der Waals surface area (Å²) in [4.78, 5) is 4.30. The number of aliphatic hydroxyl groups excluding tert-OH is 1. The van der Waals surface area contributed by atoms with Crippen molar-refractivity contribution >= 4 is 11.8 Å². The highest BCUT2D eigenvalue weighted by Crippen LogP contribution is 2.20. The molecule has 0 unspecified atom stereocenters. The van der Waals surface area contributed by atoms with E-state index in [9.17, 15) is 0 Å². The van der Waals surface area contributed by atoms with Crippen molar-refractivity contribution < 1.29 is 14.3 Å². The normalized spacial score (nSPS) is 10.0. The van der Waals surface area contributed by atoms with Crippen LogP contribution in [0.5, 0.6) is 5.75 Å². The predicted molar refractivity (Wildman–Crippen MR) is 82.6 cm³/mol. The van der Waals surface area contributed by atoms with Crippen molar-refractivity contribution in [1.82, 2.24) is 4.98 Å². The lowest BCUT2D eigenvalue weighted by molar-refractivity contribution is 0.343. The van der Waals surface area contributed by atoms with Gasteiger partial charge in [-0.2, -0.15) is 0 Å². The molecule has 1 aromatic carbocycles. The van der Waals surface area contributed by atoms with Gasteiger partial charge in [0.1, 0.15) is 18.1 Å². The summed E-state index contributed by atoms with van der Waals surface area (Å²) < 4.78 is 11.1. The SMILES string of the molecule is Cc1nc(SCCOc2cccc(C#CCO)c2)oc1C. The van der Waals surface area contributed by atoms with Crippen LogP contribution in [0.4, 0.5) is 0 Å². The van der Waals surface area contributed by atoms with Crippen LogP contribution in [0.25, 0.3) is 0 Å². The Bertz CT molecular complexity index is 636. The second-order valence-electron chi connectivity index (χ2n) is 4.31. The lowest BCUT2D eigenvalue weighted by atomic mass is 10.2. The summed E-state index contributed by atoms with van der Waals surface area (Å²) >= 11 is 1.53. The molecule has 110 valence electrons. The number of aryl methyl sites for hydroxylation is 2. The molecule has 1 N–H and O–H groups in total. The smallest absolute Gasteiger partial charge is 0.256 e. The molecule has 5 heteroatoms. The van der Waals surface area contributed by atoms with Gasteiger partial charge < -0.3 is 14.3 Å². The topological polar surface area (TPSA) is 55.5 Å². The number of ether oxygens (including phenoxy) is 1. The minimum Gasteiger partial charge on any atom is -0.493 e. The number of hydrogen-bond acceptors (Lipinski definition) is 5. The Morgan fingerprint density at radius 1 is 1.38 bits per heavy atom. The highest BCUT2D eigenvalue weighted by molar-refractivity contribution is 7.99. The minimum absolute atomic E-state index is 0.142. The first-order valence-electron chi connectivity index (χ1n) is 6.58. The first-order chi connectivity index (χ1) is 10.2. The number of nitrogens with zero attached hydrogens (tertiary/aromatic N) is 1. The zero-order chi connectivity index (χ0) is 15.1. The van der Waals surface area contributed by atoms with Crippen LogP contribution in [0.2, 0.25) is 0 Å². The molecular weight excluding hydrogens is 286 g/mol. The van der Waals surface area contributed by atoms with Crippen molar-refractivity contribution in [3.8, 4) is 17.6 Å². The molecule has 4 nitrogen and oxygen atoms in total. The Kier molecular flexibility index (Phi) is 5.73. The Balaban J connectivity index is 1.80. The van der Waals surface area contributed by atoms with E-state index in [0.717, 1.165) is 28.5 Å². The molecule has 0 bridgehead atoms. The number of aromatic nitrogens is 1. The van der Waals surface area contributed by atoms with Gasteiger partial charge in [0.05, 0.1) is 12.3 Å². The van der Waals surface area contributed by atoms with Crippen LogP contribution in [0.1, 0.15) is 17.0 Å². The van der Waals surface area contributed by atoms with Gasteiger partial charge in [-0.1, -0.05) is 29.7 Å². The lowest BCUT2D eigenvalue weighted by Crippen LogP contribution is -2.00. The van der Waals surface area contributed by atoms with Gasteiger partial charge in [0.15, 0.2) is 0 Å². The molecule has 0 saturated heterocycles. The van der Waals surface area contributed by atoms with Gasteiger partial charge in [-0.25, -0.2) is 4.98 Å². The molecule has 0 aliphatic rings. The van der Waals surface area contributed by atoms with Gasteiger partial charge in [-0.15, -0.1) is 0 Å². The second-order valence-corrected chi connectivity index (χ2v) is 5.35. The number of aliphatic hydroxyl groups is 1. The summed E-state index contributed by atoms with van der Waals surface area (Å²) in [6.45, 7) is 4.25. The summed E-state index contributed by atoms with van der Waals surface area (Å²) in [5.74, 6) is 7.84. The maximum Gasteiger partial charge on any atom is 0.256 e. The molecular formula is C16H17NO3S. The van der Waals surface area contributed by atoms with Crippen molar-refractivity contribution in [2.24, 2.45) is 0 Å². The Labute approximate surface area is 128 Å². The van der Waals surface area contributed by atoms with E-state index < -0.39 is 0 Å². The van der Waals surface area contributed by atoms with E-state index in [2.05, 4.69) is 16.8 Å². The first kappa shape index (κ1) is 15.5. The molecule has 1 aromatic heterocycles. The molecule has 0 saturated carbocycles. The van der Waals surface area contributed by atoms with E-state index >= 15 is 0 Å². The van der Waals surface area contributed by atoms with Crippen molar-refractivity contribution in [2.45, 2.75) is 19.1 Å². The zero-order valence-electron chi connectivity index (χ0n) is 12.0. The summed E-state index contributed by atoms with van der Waals surface area (Å²) in [5.41, 5.74) is 1.75. The highest BCUT2D eigenvalue weighted by Gasteiger charge is 2.05. The van der Waals surface area contributed by atoms with Crippen LogP contribution in [0, 0.1) is 25.7 Å². The fourth-order valence-electron chi connectivity index (χ4n) is 1.60. The first-order valence-corrected chi connectivity index (χ1v) is 7.57. The Hall–Kier alpha value is -1.90. The maximum atomic E-state index is 8.68. The van der Waals surface area contributed by atoms with Gasteiger partial charge in [0, 0.05) is 11.3 Å². The fourth-order valence-corrected chi connectivity index (χ4v) is 2.33. The van der Waals surface area contributed by atoms with E-state index in [-0.39, 0.29) is 6.61 Å². The molecule has 2 rings (SSSR count). The number of oxazole rings is 1. The average Bonchev–Trinajstić information content (AvgIpc) is 2.80. The van der Waals surface area contributed by atoms with E-state index in [1.54, 1.807) is 0 Å². The number of rotatable bonds is 5. The van der Waals surface area contributed by atoms with Crippen molar-refractivity contribution in [3.05, 3.63) is 41.3 Å². The number of hydrogen-bond donors (Lipinski definition) is 1. The van der Waals surface area contributed by atoms with Crippen molar-refractivity contribution in [3.63, 3.8) is 0 Å². The summed E-state index contributed by atoms with van der Waals surface area (Å²) in [7, 11) is 0. The molecule has 0 fully saturated rings. The number of thioether (sulfide) groups is 1. The highest BCUT2D eigenvalue weighted by atomic mass is 32.2. The molecule has 1 heterocycles. The van der Waals surface area contributed by atoms with Crippen molar-refractivity contribution in [1.29, 1.82) is 0 Å². The molecule has 0 amide bonds. The molecule has 0 aliphatic carbocycles. The standard InChI is InChI=1S/C16H17NO3S/c1-12-13(2)20-16(17-12)21-10-9-19-15-7-3-5-14(11-15)6-4-8-18/h3,5,7,11,18H,8-10H2,1-2H3. The lowest BCUT2D eigenvalue weighted by Gasteiger charge is -2.05. The summed E-state index contributed by atoms with van der Waals surface area (Å²) in [6.07, 6.45) is 0. The third-order valence-electron chi connectivity index (χ3n) is 2.73. The van der Waals surface area contributed by atoms with Gasteiger partial charge in [0.25, 0.3) is 5.22 Å². The van der Waals surface area contributed by atoms with Crippen molar-refractivity contribution in [2.75, 3.05) is 19.0 Å². The largest absolute Gasteiger partial charge is 0.493 e. The maximum absolute atomic E-state index is 8.68. The van der Waals surface area contributed by atoms with Crippen LogP contribution in [0.3, 0.4) is 0 Å². The molecule has 0 spiro atoms. The Morgan fingerprint density at radius 3 is 2.95 bits per heavy atom. The summed E-state index contributed by atoms with van der Waals surface area (Å²) in [5, 5.41) is 9.35. The van der Waals surface area contributed by atoms with E-state index in [1.807, 2.05) is 38.1 Å². The van der Waals surface area contributed by atoms with Crippen LogP contribution in [0.15, 0.2) is 33.9 Å². The van der Waals surface area contributed by atoms with E-state index in [0.29, 0.717) is 11.8 Å². The molecule has 2 aromatic rings. The van der Waals surface area contributed by atoms with Crippen LogP contribution < -0.4 is 4.74 Å². The van der Waals surface area contributed by atoms with E-state index in [4.69, 9.17) is 14.3 Å². The van der Waals surface area contributed by atoms with Gasteiger partial charge in [0.2, 0.25) is 0 Å². The van der Waals surface area contributed by atoms with Crippen LogP contribution in [-0.4, -0.2) is 29.1 Å². The fraction of sp³-hybridized carbons (Fsp3) is 0.312. The Morgan fingerprint density at radius 2 is 2.24 bits per heavy atom. The second kappa shape index (κ2) is 7.77. The monoisotopic (exact) mass is 303 g/mol. The van der Waals surface area contributed by atoms with Gasteiger partial charge in [-0.3, -0.25) is 0 Å². The third-order valence-corrected chi connectivity index (χ3v) is 3.52. The zero-order valence-corrected chi connectivity index (χ0v) is 12.9. The average molecular weight is 303 g/mol. The van der Waals surface area contributed by atoms with E-state index in [1.165, 1.54) is 11.8 Å². The molecule has 0 radical (unpaired) electrons. The van der Waals surface area contributed by atoms with Crippen LogP contribution >= 0.6 is 11.8 Å². The molecule has 0 atom stereocenters. The minimum atomic E-state index is -0.142. The van der Waals surface area contributed by atoms with Crippen LogP contribution in [-0.2, 0) is 0 Å². The number of benzene rings is 1. The summed E-state index contributed by atoms with van der Waals surface area (Å²) in [6, 6.07) is 7.49.